The van der Waals surface area contributed by atoms with Crippen LogP contribution in [0.25, 0.3) is 11.1 Å². The van der Waals surface area contributed by atoms with Crippen molar-refractivity contribution in [1.29, 1.82) is 0 Å². The Morgan fingerprint density at radius 3 is 1.94 bits per heavy atom. The van der Waals surface area contributed by atoms with Crippen LogP contribution in [-0.2, 0) is 16.1 Å². The number of pyridine rings is 1. The van der Waals surface area contributed by atoms with Crippen LogP contribution in [0.5, 0.6) is 11.5 Å². The van der Waals surface area contributed by atoms with Crippen molar-refractivity contribution in [1.82, 2.24) is 4.98 Å². The van der Waals surface area contributed by atoms with E-state index in [-0.39, 0.29) is 11.1 Å². The average molecular weight is 470 g/mol. The first-order chi connectivity index (χ1) is 15.8. The average Bonchev–Trinajstić information content (AvgIpc) is 2.82. The summed E-state index contributed by atoms with van der Waals surface area (Å²) < 4.78 is 21.4. The Morgan fingerprint density at radius 1 is 0.848 bits per heavy atom. The Kier molecular flexibility index (Phi) is 7.55. The van der Waals surface area contributed by atoms with Gasteiger partial charge >= 0.3 is 11.9 Å². The van der Waals surface area contributed by atoms with Gasteiger partial charge in [-0.3, -0.25) is 4.98 Å². The topological polar surface area (TPSA) is 84.0 Å². The van der Waals surface area contributed by atoms with Crippen molar-refractivity contribution in [2.24, 2.45) is 0 Å². The first-order valence-corrected chi connectivity index (χ1v) is 10.4. The van der Waals surface area contributed by atoms with Crippen molar-refractivity contribution >= 4 is 23.5 Å². The zero-order valence-corrected chi connectivity index (χ0v) is 19.8. The maximum atomic E-state index is 12.6. The van der Waals surface area contributed by atoms with Crippen molar-refractivity contribution in [3.05, 3.63) is 75.6 Å². The van der Waals surface area contributed by atoms with E-state index >= 15 is 0 Å². The molecule has 1 aromatic heterocycles. The number of carbonyl (C=O) groups excluding carboxylic acids is 2. The molecule has 0 saturated heterocycles. The molecular weight excluding hydrogens is 446 g/mol. The predicted octanol–water partition coefficient (Wildman–Crippen LogP) is 5.18. The summed E-state index contributed by atoms with van der Waals surface area (Å²) in [6, 6.07) is 12.5. The smallest absolute Gasteiger partial charge is 0.340 e. The number of aromatic nitrogens is 1. The Balaban J connectivity index is 2.11. The molecule has 0 saturated carbocycles. The standard InChI is InChI=1S/C25H24ClNO6/c1-14-21(24(28)31-4)23(22(15(2)27-14)25(29)32-5)17-8-11-19(20(12-17)30-3)33-13-16-6-9-18(26)10-7-16/h6-12H,13H2,1-5H3. The Morgan fingerprint density at radius 2 is 1.42 bits per heavy atom. The van der Waals surface area contributed by atoms with E-state index in [1.54, 1.807) is 44.2 Å². The van der Waals surface area contributed by atoms with Crippen LogP contribution in [0.15, 0.2) is 42.5 Å². The molecule has 2 aromatic carbocycles. The van der Waals surface area contributed by atoms with Gasteiger partial charge in [-0.1, -0.05) is 29.8 Å². The van der Waals surface area contributed by atoms with Crippen LogP contribution in [0.4, 0.5) is 0 Å². The molecule has 0 aliphatic heterocycles. The maximum absolute atomic E-state index is 12.6. The molecule has 3 rings (SSSR count). The van der Waals surface area contributed by atoms with Crippen molar-refractivity contribution in [3.63, 3.8) is 0 Å². The minimum atomic E-state index is -0.609. The highest BCUT2D eigenvalue weighted by Gasteiger charge is 2.27. The van der Waals surface area contributed by atoms with Crippen LogP contribution in [0, 0.1) is 13.8 Å². The number of ether oxygens (including phenoxy) is 4. The van der Waals surface area contributed by atoms with Gasteiger partial charge in [-0.05, 0) is 49.2 Å². The zero-order valence-electron chi connectivity index (χ0n) is 19.0. The predicted molar refractivity (Wildman–Crippen MR) is 124 cm³/mol. The van der Waals surface area contributed by atoms with Crippen LogP contribution >= 0.6 is 11.6 Å². The molecule has 8 heteroatoms. The number of hydrogen-bond acceptors (Lipinski definition) is 7. The molecule has 0 radical (unpaired) electrons. The molecule has 0 fully saturated rings. The van der Waals surface area contributed by atoms with Gasteiger partial charge in [0.15, 0.2) is 11.5 Å². The van der Waals surface area contributed by atoms with Gasteiger partial charge in [0.25, 0.3) is 0 Å². The largest absolute Gasteiger partial charge is 0.493 e. The van der Waals surface area contributed by atoms with E-state index in [0.717, 1.165) is 5.56 Å². The van der Waals surface area contributed by atoms with Crippen molar-refractivity contribution < 1.29 is 28.5 Å². The number of benzene rings is 2. The third-order valence-corrected chi connectivity index (χ3v) is 5.35. The van der Waals surface area contributed by atoms with E-state index in [2.05, 4.69) is 4.98 Å². The normalized spacial score (nSPS) is 10.5. The number of methoxy groups -OCH3 is 3. The zero-order chi connectivity index (χ0) is 24.1. The number of halogens is 1. The molecule has 1 heterocycles. The van der Waals surface area contributed by atoms with Gasteiger partial charge in [-0.2, -0.15) is 0 Å². The second-order valence-corrected chi connectivity index (χ2v) is 7.61. The lowest BCUT2D eigenvalue weighted by atomic mass is 9.92. The summed E-state index contributed by atoms with van der Waals surface area (Å²) in [5, 5.41) is 0.645. The first kappa shape index (κ1) is 24.1. The summed E-state index contributed by atoms with van der Waals surface area (Å²) in [7, 11) is 4.06. The molecule has 0 bridgehead atoms. The third kappa shape index (κ3) is 5.09. The highest BCUT2D eigenvalue weighted by molar-refractivity contribution is 6.30. The molecular formula is C25H24ClNO6. The molecule has 0 aliphatic rings. The lowest BCUT2D eigenvalue weighted by molar-refractivity contribution is 0.0599. The third-order valence-electron chi connectivity index (χ3n) is 5.10. The maximum Gasteiger partial charge on any atom is 0.340 e. The second kappa shape index (κ2) is 10.4. The van der Waals surface area contributed by atoms with E-state index in [1.165, 1.54) is 21.3 Å². The van der Waals surface area contributed by atoms with Gasteiger partial charge < -0.3 is 18.9 Å². The van der Waals surface area contributed by atoms with Crippen molar-refractivity contribution in [2.45, 2.75) is 20.5 Å². The van der Waals surface area contributed by atoms with Crippen molar-refractivity contribution in [3.8, 4) is 22.6 Å². The first-order valence-electron chi connectivity index (χ1n) is 10.0. The van der Waals surface area contributed by atoms with E-state index in [9.17, 15) is 9.59 Å². The summed E-state index contributed by atoms with van der Waals surface area (Å²) >= 11 is 5.93. The summed E-state index contributed by atoms with van der Waals surface area (Å²) in [5.74, 6) is -0.289. The van der Waals surface area contributed by atoms with Crippen LogP contribution < -0.4 is 9.47 Å². The minimum absolute atomic E-state index is 0.181. The molecule has 0 amide bonds. The van der Waals surface area contributed by atoms with Gasteiger partial charge in [-0.25, -0.2) is 9.59 Å². The molecule has 0 N–H and O–H groups in total. The number of esters is 2. The molecule has 0 atom stereocenters. The summed E-state index contributed by atoms with van der Waals surface area (Å²) in [6.07, 6.45) is 0. The lowest BCUT2D eigenvalue weighted by Crippen LogP contribution is -2.16. The van der Waals surface area contributed by atoms with Crippen molar-refractivity contribution in [2.75, 3.05) is 21.3 Å². The Labute approximate surface area is 197 Å². The van der Waals surface area contributed by atoms with Gasteiger partial charge in [0, 0.05) is 10.6 Å². The fraction of sp³-hybridized carbons (Fsp3) is 0.240. The van der Waals surface area contributed by atoms with Crippen LogP contribution in [0.2, 0.25) is 5.02 Å². The fourth-order valence-corrected chi connectivity index (χ4v) is 3.65. The molecule has 33 heavy (non-hydrogen) atoms. The van der Waals surface area contributed by atoms with Gasteiger partial charge in [0.2, 0.25) is 0 Å². The van der Waals surface area contributed by atoms with Gasteiger partial charge in [-0.15, -0.1) is 0 Å². The number of hydrogen-bond donors (Lipinski definition) is 0. The Hall–Kier alpha value is -3.58. The van der Waals surface area contributed by atoms with Crippen LogP contribution in [-0.4, -0.2) is 38.3 Å². The molecule has 172 valence electrons. The quantitative estimate of drug-likeness (QED) is 0.441. The van der Waals surface area contributed by atoms with E-state index in [1.807, 2.05) is 12.1 Å². The second-order valence-electron chi connectivity index (χ2n) is 7.17. The number of aryl methyl sites for hydroxylation is 2. The summed E-state index contributed by atoms with van der Waals surface area (Å²) in [5.41, 5.74) is 3.09. The van der Waals surface area contributed by atoms with E-state index in [0.29, 0.717) is 45.6 Å². The molecule has 0 aliphatic carbocycles. The molecule has 0 spiro atoms. The number of nitrogens with zero attached hydrogens (tertiary/aromatic N) is 1. The lowest BCUT2D eigenvalue weighted by Gasteiger charge is -2.18. The number of carbonyl (C=O) groups is 2. The molecule has 0 unspecified atom stereocenters. The fourth-order valence-electron chi connectivity index (χ4n) is 3.53. The van der Waals surface area contributed by atoms with Gasteiger partial charge in [0.1, 0.15) is 6.61 Å². The Bertz CT molecular complexity index is 1150. The van der Waals surface area contributed by atoms with Crippen LogP contribution in [0.1, 0.15) is 37.7 Å². The van der Waals surface area contributed by atoms with E-state index < -0.39 is 11.9 Å². The molecule has 7 nitrogen and oxygen atoms in total. The van der Waals surface area contributed by atoms with E-state index in [4.69, 9.17) is 30.5 Å². The summed E-state index contributed by atoms with van der Waals surface area (Å²) in [6.45, 7) is 3.68. The number of rotatable bonds is 7. The highest BCUT2D eigenvalue weighted by atomic mass is 35.5. The highest BCUT2D eigenvalue weighted by Crippen LogP contribution is 2.38. The molecule has 3 aromatic rings. The van der Waals surface area contributed by atoms with Crippen LogP contribution in [0.3, 0.4) is 0 Å². The summed E-state index contributed by atoms with van der Waals surface area (Å²) in [4.78, 5) is 29.6. The SMILES string of the molecule is COC(=O)c1c(C)nc(C)c(C(=O)OC)c1-c1ccc(OCc2ccc(Cl)cc2)c(OC)c1. The van der Waals surface area contributed by atoms with Gasteiger partial charge in [0.05, 0.1) is 43.8 Å². The minimum Gasteiger partial charge on any atom is -0.493 e. The monoisotopic (exact) mass is 469 g/mol.